The molecule has 0 N–H and O–H groups in total. The maximum atomic E-state index is 11.5. The van der Waals surface area contributed by atoms with E-state index in [1.54, 1.807) is 11.3 Å². The van der Waals surface area contributed by atoms with Gasteiger partial charge < -0.3 is 9.47 Å². The molecule has 0 amide bonds. The quantitative estimate of drug-likeness (QED) is 0.717. The molecule has 2 atom stereocenters. The third kappa shape index (κ3) is 4.50. The highest BCUT2D eigenvalue weighted by Gasteiger charge is 2.43. The first-order valence-electron chi connectivity index (χ1n) is 7.10. The predicted octanol–water partition coefficient (Wildman–Crippen LogP) is 2.57. The lowest BCUT2D eigenvalue weighted by molar-refractivity contribution is -0.179. The average molecular weight is 334 g/mol. The Bertz CT molecular complexity index is 534. The molecule has 21 heavy (non-hydrogen) atoms. The topological polar surface area (TPSA) is 61.8 Å². The van der Waals surface area contributed by atoms with Gasteiger partial charge in [0, 0.05) is 11.3 Å². The highest BCUT2D eigenvalue weighted by atomic mass is 32.2. The Balaban J connectivity index is 2.12. The van der Waals surface area contributed by atoms with Gasteiger partial charge in [-0.05, 0) is 24.3 Å². The molecule has 1 aliphatic heterocycles. The summed E-state index contributed by atoms with van der Waals surface area (Å²) < 4.78 is 40.0. The summed E-state index contributed by atoms with van der Waals surface area (Å²) >= 11 is 1.58. The monoisotopic (exact) mass is 334 g/mol. The summed E-state index contributed by atoms with van der Waals surface area (Å²) in [6, 6.07) is 3.90. The molecule has 0 bridgehead atoms. The fourth-order valence-corrected chi connectivity index (χ4v) is 3.85. The Morgan fingerprint density at radius 1 is 1.48 bits per heavy atom. The first kappa shape index (κ1) is 16.9. The zero-order valence-electron chi connectivity index (χ0n) is 12.6. The smallest absolute Gasteiger partial charge is 0.264 e. The van der Waals surface area contributed by atoms with Crippen LogP contribution in [0.3, 0.4) is 0 Å². The molecule has 0 aromatic carbocycles. The molecule has 2 rings (SSSR count). The number of thiophene rings is 1. The summed E-state index contributed by atoms with van der Waals surface area (Å²) in [7, 11) is -3.55. The molecule has 7 heteroatoms. The van der Waals surface area contributed by atoms with Crippen LogP contribution >= 0.6 is 11.3 Å². The summed E-state index contributed by atoms with van der Waals surface area (Å²) in [5, 5.41) is 1.96. The Morgan fingerprint density at radius 3 is 2.67 bits per heavy atom. The molecule has 0 radical (unpaired) electrons. The lowest BCUT2D eigenvalue weighted by Gasteiger charge is -2.27. The molecule has 1 saturated heterocycles. The van der Waals surface area contributed by atoms with E-state index >= 15 is 0 Å². The molecular weight excluding hydrogens is 312 g/mol. The van der Waals surface area contributed by atoms with E-state index in [1.807, 2.05) is 31.4 Å². The normalized spacial score (nSPS) is 23.3. The van der Waals surface area contributed by atoms with Crippen LogP contribution in [0.25, 0.3) is 0 Å². The van der Waals surface area contributed by atoms with E-state index < -0.39 is 22.0 Å². The van der Waals surface area contributed by atoms with Gasteiger partial charge in [0.05, 0.1) is 12.9 Å². The minimum absolute atomic E-state index is 0.354. The maximum absolute atomic E-state index is 11.5. The van der Waals surface area contributed by atoms with E-state index in [1.165, 1.54) is 0 Å². The highest BCUT2D eigenvalue weighted by Crippen LogP contribution is 2.33. The molecule has 0 unspecified atom stereocenters. The second-order valence-electron chi connectivity index (χ2n) is 5.21. The van der Waals surface area contributed by atoms with Crippen molar-refractivity contribution in [2.45, 2.75) is 51.1 Å². The Morgan fingerprint density at radius 2 is 2.19 bits per heavy atom. The average Bonchev–Trinajstić information content (AvgIpc) is 3.06. The van der Waals surface area contributed by atoms with Crippen molar-refractivity contribution in [3.05, 3.63) is 22.4 Å². The van der Waals surface area contributed by atoms with Crippen molar-refractivity contribution in [2.24, 2.45) is 0 Å². The Hall–Kier alpha value is -0.470. The van der Waals surface area contributed by atoms with Crippen LogP contribution in [0.2, 0.25) is 0 Å². The van der Waals surface area contributed by atoms with Crippen LogP contribution < -0.4 is 0 Å². The zero-order chi connectivity index (χ0) is 15.5. The van der Waals surface area contributed by atoms with Crippen molar-refractivity contribution < 1.29 is 22.1 Å². The number of hydrogen-bond donors (Lipinski definition) is 0. The van der Waals surface area contributed by atoms with Crippen LogP contribution in [-0.2, 0) is 30.2 Å². The Labute approximate surface area is 130 Å². The number of hydrogen-bond acceptors (Lipinski definition) is 6. The van der Waals surface area contributed by atoms with Gasteiger partial charge in [-0.3, -0.25) is 4.18 Å². The van der Waals surface area contributed by atoms with E-state index in [-0.39, 0.29) is 6.10 Å². The van der Waals surface area contributed by atoms with Gasteiger partial charge in [-0.15, -0.1) is 11.3 Å². The van der Waals surface area contributed by atoms with Crippen LogP contribution in [0, 0.1) is 0 Å². The molecule has 0 spiro atoms. The number of rotatable bonds is 7. The summed E-state index contributed by atoms with van der Waals surface area (Å²) in [6.07, 6.45) is 2.09. The number of ether oxygens (including phenoxy) is 2. The molecular formula is C14H22O5S2. The van der Waals surface area contributed by atoms with Gasteiger partial charge in [-0.1, -0.05) is 19.9 Å². The van der Waals surface area contributed by atoms with Crippen molar-refractivity contribution in [1.82, 2.24) is 0 Å². The summed E-state index contributed by atoms with van der Waals surface area (Å²) in [5.74, 6) is -0.612. The van der Waals surface area contributed by atoms with Crippen molar-refractivity contribution in [2.75, 3.05) is 12.9 Å². The summed E-state index contributed by atoms with van der Waals surface area (Å²) in [6.45, 7) is 4.35. The fraction of sp³-hybridized carbons (Fsp3) is 0.714. The van der Waals surface area contributed by atoms with E-state index in [0.29, 0.717) is 13.0 Å². The first-order valence-corrected chi connectivity index (χ1v) is 9.79. The zero-order valence-corrected chi connectivity index (χ0v) is 14.2. The van der Waals surface area contributed by atoms with Crippen LogP contribution in [0.1, 0.15) is 31.6 Å². The molecule has 1 aromatic heterocycles. The second kappa shape index (κ2) is 6.75. The lowest BCUT2D eigenvalue weighted by atomic mass is 10.1. The minimum Gasteiger partial charge on any atom is -0.347 e. The predicted molar refractivity (Wildman–Crippen MR) is 81.9 cm³/mol. The van der Waals surface area contributed by atoms with E-state index in [0.717, 1.165) is 24.0 Å². The minimum atomic E-state index is -3.55. The largest absolute Gasteiger partial charge is 0.347 e. The molecule has 5 nitrogen and oxygen atoms in total. The Kier molecular flexibility index (Phi) is 5.43. The van der Waals surface area contributed by atoms with Crippen LogP contribution in [-0.4, -0.2) is 39.3 Å². The maximum Gasteiger partial charge on any atom is 0.264 e. The molecule has 1 aliphatic rings. The van der Waals surface area contributed by atoms with E-state index in [9.17, 15) is 8.42 Å². The van der Waals surface area contributed by atoms with Crippen LogP contribution in [0.4, 0.5) is 0 Å². The lowest BCUT2D eigenvalue weighted by Crippen LogP contribution is -2.37. The third-order valence-corrected chi connectivity index (χ3v) is 5.15. The van der Waals surface area contributed by atoms with Crippen molar-refractivity contribution in [1.29, 1.82) is 0 Å². The molecule has 1 aromatic rings. The molecule has 1 fully saturated rings. The molecule has 120 valence electrons. The van der Waals surface area contributed by atoms with Gasteiger partial charge in [0.25, 0.3) is 10.1 Å². The molecule has 0 saturated carbocycles. The first-order chi connectivity index (χ1) is 9.87. The van der Waals surface area contributed by atoms with Crippen molar-refractivity contribution in [3.63, 3.8) is 0 Å². The van der Waals surface area contributed by atoms with Gasteiger partial charge >= 0.3 is 0 Å². The van der Waals surface area contributed by atoms with Crippen molar-refractivity contribution in [3.8, 4) is 0 Å². The highest BCUT2D eigenvalue weighted by molar-refractivity contribution is 7.86. The molecule has 2 heterocycles. The standard InChI is InChI=1S/C14H22O5S2/c1-4-14(5-2)17-10-13(18-14)12(19-21(3,15)16)9-11-7-6-8-20-11/h6-8,12-13H,4-5,9-10H2,1-3H3/t12-,13-/m1/s1. The van der Waals surface area contributed by atoms with Crippen LogP contribution in [0.5, 0.6) is 0 Å². The SMILES string of the molecule is CCC1(CC)OC[C@H]([C@@H](Cc2cccs2)OS(C)(=O)=O)O1. The third-order valence-electron chi connectivity index (χ3n) is 3.65. The summed E-state index contributed by atoms with van der Waals surface area (Å²) in [5.41, 5.74) is 0. The molecule has 0 aliphatic carbocycles. The van der Waals surface area contributed by atoms with Gasteiger partial charge in [-0.25, -0.2) is 0 Å². The van der Waals surface area contributed by atoms with E-state index in [4.69, 9.17) is 13.7 Å². The second-order valence-corrected chi connectivity index (χ2v) is 7.84. The van der Waals surface area contributed by atoms with Crippen LogP contribution in [0.15, 0.2) is 17.5 Å². The van der Waals surface area contributed by atoms with E-state index in [2.05, 4.69) is 0 Å². The van der Waals surface area contributed by atoms with Gasteiger partial charge in [0.15, 0.2) is 5.79 Å². The van der Waals surface area contributed by atoms with Gasteiger partial charge in [-0.2, -0.15) is 8.42 Å². The van der Waals surface area contributed by atoms with Crippen molar-refractivity contribution >= 4 is 21.5 Å². The fourth-order valence-electron chi connectivity index (χ4n) is 2.46. The van der Waals surface area contributed by atoms with Gasteiger partial charge in [0.2, 0.25) is 0 Å². The summed E-state index contributed by atoms with van der Waals surface area (Å²) in [4.78, 5) is 1.07. The van der Waals surface area contributed by atoms with Gasteiger partial charge in [0.1, 0.15) is 12.2 Å².